The van der Waals surface area contributed by atoms with Crippen molar-refractivity contribution in [3.63, 3.8) is 0 Å². The van der Waals surface area contributed by atoms with Crippen molar-refractivity contribution in [2.45, 2.75) is 13.3 Å². The average molecular weight is 267 g/mol. The summed E-state index contributed by atoms with van der Waals surface area (Å²) in [5, 5.41) is 3.26. The minimum atomic E-state index is -0.191. The van der Waals surface area contributed by atoms with E-state index >= 15 is 0 Å². The first kappa shape index (κ1) is 15.9. The lowest BCUT2D eigenvalue weighted by molar-refractivity contribution is 0.275. The van der Waals surface area contributed by atoms with Crippen LogP contribution in [0.2, 0.25) is 0 Å². The van der Waals surface area contributed by atoms with Crippen LogP contribution in [-0.2, 0) is 0 Å². The van der Waals surface area contributed by atoms with E-state index in [-0.39, 0.29) is 5.82 Å². The van der Waals surface area contributed by atoms with Crippen LogP contribution in [0.25, 0.3) is 0 Å². The lowest BCUT2D eigenvalue weighted by Crippen LogP contribution is -2.31. The summed E-state index contributed by atoms with van der Waals surface area (Å²) in [6.07, 6.45) is 1.18. The molecule has 0 fully saturated rings. The molecular weight excluding hydrogens is 241 g/mol. The van der Waals surface area contributed by atoms with E-state index in [1.165, 1.54) is 18.6 Å². The van der Waals surface area contributed by atoms with E-state index < -0.39 is 0 Å². The monoisotopic (exact) mass is 267 g/mol. The molecule has 0 amide bonds. The Bertz CT molecular complexity index is 355. The molecule has 0 unspecified atom stereocenters. The van der Waals surface area contributed by atoms with Gasteiger partial charge in [-0.2, -0.15) is 0 Å². The van der Waals surface area contributed by atoms with E-state index in [1.807, 2.05) is 6.07 Å². The Balaban J connectivity index is 2.22. The van der Waals surface area contributed by atoms with Gasteiger partial charge in [0.2, 0.25) is 0 Å². The molecule has 0 saturated heterocycles. The molecule has 1 aromatic carbocycles. The summed E-state index contributed by atoms with van der Waals surface area (Å²) in [6.45, 7) is 7.29. The van der Waals surface area contributed by atoms with E-state index in [2.05, 4.69) is 36.1 Å². The molecule has 0 aliphatic heterocycles. The molecule has 0 spiro atoms. The summed E-state index contributed by atoms with van der Waals surface area (Å²) in [5.41, 5.74) is 0.851. The van der Waals surface area contributed by atoms with Gasteiger partial charge >= 0.3 is 0 Å². The maximum atomic E-state index is 13.0. The maximum Gasteiger partial charge on any atom is 0.125 e. The molecule has 1 N–H and O–H groups in total. The first-order valence-electron chi connectivity index (χ1n) is 6.98. The van der Waals surface area contributed by atoms with Gasteiger partial charge in [0.15, 0.2) is 0 Å². The van der Waals surface area contributed by atoms with Gasteiger partial charge in [-0.1, -0.05) is 13.0 Å². The highest BCUT2D eigenvalue weighted by molar-refractivity contribution is 5.42. The third-order valence-electron chi connectivity index (χ3n) is 3.11. The van der Waals surface area contributed by atoms with Gasteiger partial charge in [-0.3, -0.25) is 0 Å². The minimum absolute atomic E-state index is 0.191. The summed E-state index contributed by atoms with van der Waals surface area (Å²) in [5.74, 6) is -0.191. The van der Waals surface area contributed by atoms with Gasteiger partial charge in [0, 0.05) is 18.8 Å². The first-order valence-corrected chi connectivity index (χ1v) is 6.98. The standard InChI is InChI=1S/C15H26FN3/c1-4-19(11-6-10-18(2)3)12-9-17-15-8-5-7-14(16)13-15/h5,7-8,13,17H,4,6,9-12H2,1-3H3. The van der Waals surface area contributed by atoms with Gasteiger partial charge in [-0.25, -0.2) is 4.39 Å². The molecule has 0 aromatic heterocycles. The van der Waals surface area contributed by atoms with Crippen LogP contribution in [0.5, 0.6) is 0 Å². The molecule has 0 aliphatic rings. The van der Waals surface area contributed by atoms with Crippen LogP contribution in [0.1, 0.15) is 13.3 Å². The van der Waals surface area contributed by atoms with Crippen LogP contribution in [0.15, 0.2) is 24.3 Å². The van der Waals surface area contributed by atoms with E-state index in [4.69, 9.17) is 0 Å². The van der Waals surface area contributed by atoms with Crippen LogP contribution in [-0.4, -0.2) is 56.6 Å². The van der Waals surface area contributed by atoms with Crippen LogP contribution in [0.3, 0.4) is 0 Å². The zero-order valence-corrected chi connectivity index (χ0v) is 12.3. The van der Waals surface area contributed by atoms with Gasteiger partial charge < -0.3 is 15.1 Å². The van der Waals surface area contributed by atoms with Crippen LogP contribution in [0.4, 0.5) is 10.1 Å². The molecule has 4 heteroatoms. The van der Waals surface area contributed by atoms with Crippen molar-refractivity contribution in [1.82, 2.24) is 9.80 Å². The SMILES string of the molecule is CCN(CCCN(C)C)CCNc1cccc(F)c1. The number of halogens is 1. The van der Waals surface area contributed by atoms with Crippen LogP contribution < -0.4 is 5.32 Å². The van der Waals surface area contributed by atoms with Gasteiger partial charge in [-0.15, -0.1) is 0 Å². The molecule has 3 nitrogen and oxygen atoms in total. The fourth-order valence-corrected chi connectivity index (χ4v) is 2.00. The summed E-state index contributed by atoms with van der Waals surface area (Å²) < 4.78 is 13.0. The number of rotatable bonds is 9. The van der Waals surface area contributed by atoms with Gasteiger partial charge in [-0.05, 0) is 58.3 Å². The van der Waals surface area contributed by atoms with Crippen molar-refractivity contribution in [1.29, 1.82) is 0 Å². The second kappa shape index (κ2) is 8.88. The van der Waals surface area contributed by atoms with Crippen LogP contribution >= 0.6 is 0 Å². The van der Waals surface area contributed by atoms with Crippen molar-refractivity contribution >= 4 is 5.69 Å². The van der Waals surface area contributed by atoms with E-state index in [0.29, 0.717) is 0 Å². The number of nitrogens with one attached hydrogen (secondary N) is 1. The number of nitrogens with zero attached hydrogens (tertiary/aromatic N) is 2. The molecule has 1 aromatic rings. The highest BCUT2D eigenvalue weighted by atomic mass is 19.1. The average Bonchev–Trinajstić information content (AvgIpc) is 2.36. The second-order valence-corrected chi connectivity index (χ2v) is 5.03. The molecule has 0 radical (unpaired) electrons. The van der Waals surface area contributed by atoms with Crippen LogP contribution in [0, 0.1) is 5.82 Å². The van der Waals surface area contributed by atoms with Gasteiger partial charge in [0.1, 0.15) is 5.82 Å². The lowest BCUT2D eigenvalue weighted by Gasteiger charge is -2.21. The third kappa shape index (κ3) is 7.13. The second-order valence-electron chi connectivity index (χ2n) is 5.03. The molecule has 0 aliphatic carbocycles. The number of likely N-dealkylation sites (N-methyl/N-ethyl adjacent to an activating group) is 1. The summed E-state index contributed by atoms with van der Waals surface area (Å²) in [4.78, 5) is 4.62. The molecular formula is C15H26FN3. The fourth-order valence-electron chi connectivity index (χ4n) is 2.00. The summed E-state index contributed by atoms with van der Waals surface area (Å²) in [7, 11) is 4.20. The molecule has 19 heavy (non-hydrogen) atoms. The highest BCUT2D eigenvalue weighted by Gasteiger charge is 2.02. The van der Waals surface area contributed by atoms with E-state index in [9.17, 15) is 4.39 Å². The predicted molar refractivity (Wildman–Crippen MR) is 80.2 cm³/mol. The number of benzene rings is 1. The Morgan fingerprint density at radius 2 is 1.95 bits per heavy atom. The summed E-state index contributed by atoms with van der Waals surface area (Å²) in [6, 6.07) is 6.62. The van der Waals surface area contributed by atoms with Gasteiger partial charge in [0.05, 0.1) is 0 Å². The number of hydrogen-bond acceptors (Lipinski definition) is 3. The Morgan fingerprint density at radius 3 is 2.58 bits per heavy atom. The van der Waals surface area contributed by atoms with Crippen molar-refractivity contribution in [2.75, 3.05) is 52.1 Å². The smallest absolute Gasteiger partial charge is 0.125 e. The Kier molecular flexibility index (Phi) is 7.45. The zero-order chi connectivity index (χ0) is 14.1. The lowest BCUT2D eigenvalue weighted by atomic mass is 10.3. The van der Waals surface area contributed by atoms with Crippen molar-refractivity contribution in [2.24, 2.45) is 0 Å². The Labute approximate surface area is 116 Å². The van der Waals surface area contributed by atoms with Crippen molar-refractivity contribution < 1.29 is 4.39 Å². The highest BCUT2D eigenvalue weighted by Crippen LogP contribution is 2.08. The van der Waals surface area contributed by atoms with E-state index in [0.717, 1.165) is 38.4 Å². The molecule has 0 atom stereocenters. The fraction of sp³-hybridized carbons (Fsp3) is 0.600. The van der Waals surface area contributed by atoms with Gasteiger partial charge in [0.25, 0.3) is 0 Å². The minimum Gasteiger partial charge on any atom is -0.384 e. The Morgan fingerprint density at radius 1 is 1.16 bits per heavy atom. The number of hydrogen-bond donors (Lipinski definition) is 1. The third-order valence-corrected chi connectivity index (χ3v) is 3.11. The first-order chi connectivity index (χ1) is 9.11. The summed E-state index contributed by atoms with van der Waals surface area (Å²) >= 11 is 0. The normalized spacial score (nSPS) is 11.3. The zero-order valence-electron chi connectivity index (χ0n) is 12.3. The molecule has 0 heterocycles. The molecule has 0 saturated carbocycles. The predicted octanol–water partition coefficient (Wildman–Crippen LogP) is 2.51. The number of anilines is 1. The van der Waals surface area contributed by atoms with Crippen molar-refractivity contribution in [3.8, 4) is 0 Å². The topological polar surface area (TPSA) is 18.5 Å². The van der Waals surface area contributed by atoms with Crippen molar-refractivity contribution in [3.05, 3.63) is 30.1 Å². The molecule has 108 valence electrons. The van der Waals surface area contributed by atoms with E-state index in [1.54, 1.807) is 6.07 Å². The molecule has 1 rings (SSSR count). The molecule has 0 bridgehead atoms. The maximum absolute atomic E-state index is 13.0. The Hall–Kier alpha value is -1.13. The largest absolute Gasteiger partial charge is 0.384 e. The quantitative estimate of drug-likeness (QED) is 0.741.